The number of H-pyrrole nitrogens is 1. The van der Waals surface area contributed by atoms with Gasteiger partial charge in [-0.1, -0.05) is 0 Å². The molecule has 3 heterocycles. The van der Waals surface area contributed by atoms with Crippen molar-refractivity contribution in [3.8, 4) is 0 Å². The Hall–Kier alpha value is -1.28. The van der Waals surface area contributed by atoms with Gasteiger partial charge in [-0.25, -0.2) is 9.97 Å². The van der Waals surface area contributed by atoms with Gasteiger partial charge in [0, 0.05) is 43.4 Å². The van der Waals surface area contributed by atoms with E-state index in [0.717, 1.165) is 50.0 Å². The van der Waals surface area contributed by atoms with Crippen LogP contribution in [-0.2, 0) is 17.8 Å². The molecule has 114 valence electrons. The van der Waals surface area contributed by atoms with E-state index in [9.17, 15) is 0 Å². The van der Waals surface area contributed by atoms with Crippen molar-refractivity contribution in [1.29, 1.82) is 0 Å². The Balaban J connectivity index is 1.61. The minimum Gasteiger partial charge on any atom is -0.368 e. The second-order valence-corrected chi connectivity index (χ2v) is 6.32. The number of aromatic amines is 1. The number of hydrogen-bond donors (Lipinski definition) is 1. The fraction of sp³-hybridized carbons (Fsp3) is 0.571. The number of ether oxygens (including phenoxy) is 1. The first-order chi connectivity index (χ1) is 10.2. The van der Waals surface area contributed by atoms with Gasteiger partial charge in [0.15, 0.2) is 0 Å². The SMILES string of the molecule is CN(C)Cc1cnc([C@H]2CN(Cc3cscn3)CCO2)[nH]1. The van der Waals surface area contributed by atoms with Crippen molar-refractivity contribution < 1.29 is 4.74 Å². The summed E-state index contributed by atoms with van der Waals surface area (Å²) in [5.41, 5.74) is 4.14. The number of morpholine rings is 1. The van der Waals surface area contributed by atoms with E-state index >= 15 is 0 Å². The molecule has 1 saturated heterocycles. The molecule has 7 heteroatoms. The van der Waals surface area contributed by atoms with Crippen LogP contribution < -0.4 is 0 Å². The predicted molar refractivity (Wildman–Crippen MR) is 82.1 cm³/mol. The summed E-state index contributed by atoms with van der Waals surface area (Å²) < 4.78 is 5.86. The second kappa shape index (κ2) is 6.65. The number of rotatable bonds is 5. The lowest BCUT2D eigenvalue weighted by atomic mass is 10.2. The minimum absolute atomic E-state index is 0.0216. The van der Waals surface area contributed by atoms with E-state index in [-0.39, 0.29) is 6.10 Å². The first-order valence-electron chi connectivity index (χ1n) is 7.10. The smallest absolute Gasteiger partial charge is 0.136 e. The highest BCUT2D eigenvalue weighted by Gasteiger charge is 2.24. The van der Waals surface area contributed by atoms with Crippen LogP contribution in [0.4, 0.5) is 0 Å². The van der Waals surface area contributed by atoms with Crippen molar-refractivity contribution in [1.82, 2.24) is 24.8 Å². The van der Waals surface area contributed by atoms with E-state index < -0.39 is 0 Å². The van der Waals surface area contributed by atoms with Gasteiger partial charge in [-0.05, 0) is 14.1 Å². The molecule has 0 aliphatic carbocycles. The zero-order valence-electron chi connectivity index (χ0n) is 12.5. The van der Waals surface area contributed by atoms with Gasteiger partial charge in [-0.3, -0.25) is 4.90 Å². The maximum Gasteiger partial charge on any atom is 0.136 e. The van der Waals surface area contributed by atoms with Gasteiger partial charge < -0.3 is 14.6 Å². The molecule has 0 bridgehead atoms. The average molecular weight is 307 g/mol. The van der Waals surface area contributed by atoms with Gasteiger partial charge in [-0.15, -0.1) is 11.3 Å². The monoisotopic (exact) mass is 307 g/mol. The Morgan fingerprint density at radius 1 is 1.48 bits per heavy atom. The van der Waals surface area contributed by atoms with Crippen molar-refractivity contribution in [2.24, 2.45) is 0 Å². The van der Waals surface area contributed by atoms with E-state index in [1.165, 1.54) is 0 Å². The van der Waals surface area contributed by atoms with E-state index in [2.05, 4.69) is 30.1 Å². The fourth-order valence-corrected chi connectivity index (χ4v) is 3.07. The molecule has 21 heavy (non-hydrogen) atoms. The summed E-state index contributed by atoms with van der Waals surface area (Å²) in [6.07, 6.45) is 1.92. The molecule has 2 aromatic rings. The number of imidazole rings is 1. The van der Waals surface area contributed by atoms with E-state index in [4.69, 9.17) is 4.74 Å². The van der Waals surface area contributed by atoms with Crippen LogP contribution in [-0.4, -0.2) is 58.5 Å². The molecular weight excluding hydrogens is 286 g/mol. The lowest BCUT2D eigenvalue weighted by molar-refractivity contribution is -0.0372. The van der Waals surface area contributed by atoms with Gasteiger partial charge in [0.25, 0.3) is 0 Å². The summed E-state index contributed by atoms with van der Waals surface area (Å²) in [6, 6.07) is 0. The van der Waals surface area contributed by atoms with Gasteiger partial charge in [-0.2, -0.15) is 0 Å². The summed E-state index contributed by atoms with van der Waals surface area (Å²) in [7, 11) is 4.10. The second-order valence-electron chi connectivity index (χ2n) is 5.61. The number of hydrogen-bond acceptors (Lipinski definition) is 6. The predicted octanol–water partition coefficient (Wildman–Crippen LogP) is 1.50. The third-order valence-corrected chi connectivity index (χ3v) is 4.09. The Kier molecular flexibility index (Phi) is 4.64. The van der Waals surface area contributed by atoms with Crippen molar-refractivity contribution in [2.75, 3.05) is 33.8 Å². The van der Waals surface area contributed by atoms with E-state index in [0.29, 0.717) is 0 Å². The summed E-state index contributed by atoms with van der Waals surface area (Å²) in [5.74, 6) is 0.926. The zero-order valence-corrected chi connectivity index (χ0v) is 13.3. The molecule has 1 N–H and O–H groups in total. The molecule has 6 nitrogen and oxygen atoms in total. The highest BCUT2D eigenvalue weighted by Crippen LogP contribution is 2.21. The number of thiazole rings is 1. The van der Waals surface area contributed by atoms with Crippen LogP contribution in [0.1, 0.15) is 23.3 Å². The molecule has 1 atom stereocenters. The molecule has 1 fully saturated rings. The third kappa shape index (κ3) is 3.88. The van der Waals surface area contributed by atoms with Gasteiger partial charge >= 0.3 is 0 Å². The standard InChI is InChI=1S/C14H21N5OS/c1-18(2)6-11-5-15-14(17-11)13-8-19(3-4-20-13)7-12-9-21-10-16-12/h5,9-10,13H,3-4,6-8H2,1-2H3,(H,15,17)/t13-/m1/s1. The first-order valence-corrected chi connectivity index (χ1v) is 8.04. The number of nitrogens with one attached hydrogen (secondary N) is 1. The normalized spacial score (nSPS) is 20.2. The van der Waals surface area contributed by atoms with Crippen LogP contribution in [0.2, 0.25) is 0 Å². The van der Waals surface area contributed by atoms with Crippen molar-refractivity contribution in [3.63, 3.8) is 0 Å². The Morgan fingerprint density at radius 2 is 2.38 bits per heavy atom. The summed E-state index contributed by atoms with van der Waals surface area (Å²) in [5, 5.41) is 2.10. The Labute approximate surface area is 128 Å². The van der Waals surface area contributed by atoms with Crippen LogP contribution in [0.15, 0.2) is 17.1 Å². The van der Waals surface area contributed by atoms with Gasteiger partial charge in [0.2, 0.25) is 0 Å². The van der Waals surface area contributed by atoms with E-state index in [1.54, 1.807) is 11.3 Å². The number of nitrogens with zero attached hydrogens (tertiary/aromatic N) is 4. The minimum atomic E-state index is 0.0216. The van der Waals surface area contributed by atoms with Crippen LogP contribution in [0.5, 0.6) is 0 Å². The van der Waals surface area contributed by atoms with Crippen LogP contribution >= 0.6 is 11.3 Å². The quantitative estimate of drug-likeness (QED) is 0.907. The van der Waals surface area contributed by atoms with Crippen LogP contribution in [0, 0.1) is 0 Å². The highest BCUT2D eigenvalue weighted by atomic mass is 32.1. The summed E-state index contributed by atoms with van der Waals surface area (Å²) in [4.78, 5) is 16.7. The lowest BCUT2D eigenvalue weighted by Gasteiger charge is -2.31. The molecule has 0 unspecified atom stereocenters. The molecule has 3 rings (SSSR count). The maximum atomic E-state index is 5.86. The zero-order chi connectivity index (χ0) is 14.7. The van der Waals surface area contributed by atoms with Crippen molar-refractivity contribution >= 4 is 11.3 Å². The van der Waals surface area contributed by atoms with Crippen molar-refractivity contribution in [3.05, 3.63) is 34.3 Å². The molecule has 0 amide bonds. The molecule has 2 aromatic heterocycles. The molecular formula is C14H21N5OS. The molecule has 0 aromatic carbocycles. The third-order valence-electron chi connectivity index (χ3n) is 3.46. The molecule has 0 radical (unpaired) electrons. The Bertz CT molecular complexity index is 553. The topological polar surface area (TPSA) is 57.3 Å². The average Bonchev–Trinajstić information content (AvgIpc) is 3.10. The largest absolute Gasteiger partial charge is 0.368 e. The Morgan fingerprint density at radius 3 is 3.14 bits per heavy atom. The van der Waals surface area contributed by atoms with Gasteiger partial charge in [0.1, 0.15) is 11.9 Å². The fourth-order valence-electron chi connectivity index (χ4n) is 2.52. The van der Waals surface area contributed by atoms with Crippen LogP contribution in [0.25, 0.3) is 0 Å². The molecule has 0 saturated carbocycles. The molecule has 0 spiro atoms. The maximum absolute atomic E-state index is 5.86. The lowest BCUT2D eigenvalue weighted by Crippen LogP contribution is -2.38. The molecule has 1 aliphatic rings. The van der Waals surface area contributed by atoms with Gasteiger partial charge in [0.05, 0.1) is 17.8 Å². The van der Waals surface area contributed by atoms with E-state index in [1.807, 2.05) is 25.8 Å². The van der Waals surface area contributed by atoms with Crippen molar-refractivity contribution in [2.45, 2.75) is 19.2 Å². The first kappa shape index (κ1) is 14.6. The van der Waals surface area contributed by atoms with Crippen LogP contribution in [0.3, 0.4) is 0 Å². The number of aromatic nitrogens is 3. The summed E-state index contributed by atoms with van der Waals surface area (Å²) >= 11 is 1.64. The highest BCUT2D eigenvalue weighted by molar-refractivity contribution is 7.07. The molecule has 1 aliphatic heterocycles. The summed E-state index contributed by atoms with van der Waals surface area (Å²) in [6.45, 7) is 4.28.